The summed E-state index contributed by atoms with van der Waals surface area (Å²) in [5.41, 5.74) is 4.22. The number of nitrogens with one attached hydrogen (secondary N) is 1. The average Bonchev–Trinajstić information content (AvgIpc) is 3.01. The van der Waals surface area contributed by atoms with Crippen molar-refractivity contribution in [1.29, 1.82) is 0 Å². The summed E-state index contributed by atoms with van der Waals surface area (Å²) < 4.78 is 10.7. The van der Waals surface area contributed by atoms with E-state index in [4.69, 9.17) is 9.47 Å². The lowest BCUT2D eigenvalue weighted by molar-refractivity contribution is -0.144. The van der Waals surface area contributed by atoms with Gasteiger partial charge in [-0.05, 0) is 37.1 Å². The molecule has 0 aliphatic heterocycles. The third kappa shape index (κ3) is 3.59. The largest absolute Gasteiger partial charge is 0.496 e. The normalized spacial score (nSPS) is 10.8. The van der Waals surface area contributed by atoms with Gasteiger partial charge in [0.1, 0.15) is 12.4 Å². The maximum atomic E-state index is 12.1. The van der Waals surface area contributed by atoms with Crippen LogP contribution in [0.4, 0.5) is 0 Å². The van der Waals surface area contributed by atoms with Gasteiger partial charge in [0.05, 0.1) is 7.11 Å². The molecule has 0 unspecified atom stereocenters. The molecule has 0 radical (unpaired) electrons. The second kappa shape index (κ2) is 7.21. The summed E-state index contributed by atoms with van der Waals surface area (Å²) in [6.45, 7) is 2.24. The molecule has 1 aromatic heterocycles. The van der Waals surface area contributed by atoms with Crippen LogP contribution < -0.4 is 4.74 Å². The van der Waals surface area contributed by atoms with Crippen LogP contribution in [0.2, 0.25) is 0 Å². The molecule has 4 heteroatoms. The van der Waals surface area contributed by atoms with E-state index in [1.54, 1.807) is 7.11 Å². The number of rotatable bonds is 6. The predicted octanol–water partition coefficient (Wildman–Crippen LogP) is 4.16. The maximum absolute atomic E-state index is 12.1. The predicted molar refractivity (Wildman–Crippen MR) is 94.1 cm³/mol. The molecular weight excluding hydrogens is 302 g/mol. The van der Waals surface area contributed by atoms with Crippen molar-refractivity contribution in [2.75, 3.05) is 7.11 Å². The highest BCUT2D eigenvalue weighted by molar-refractivity contribution is 5.83. The van der Waals surface area contributed by atoms with Gasteiger partial charge < -0.3 is 14.5 Å². The SMILES string of the molecule is COc1ccc(C)cc1COC(=O)CCc1c[nH]c2ccccc12. The first-order valence-electron chi connectivity index (χ1n) is 8.01. The van der Waals surface area contributed by atoms with Crippen molar-refractivity contribution in [2.45, 2.75) is 26.4 Å². The molecule has 0 bridgehead atoms. The van der Waals surface area contributed by atoms with Gasteiger partial charge in [-0.2, -0.15) is 0 Å². The first-order chi connectivity index (χ1) is 11.7. The van der Waals surface area contributed by atoms with Gasteiger partial charge in [0.15, 0.2) is 0 Å². The van der Waals surface area contributed by atoms with E-state index in [2.05, 4.69) is 11.1 Å². The maximum Gasteiger partial charge on any atom is 0.306 e. The van der Waals surface area contributed by atoms with Crippen LogP contribution in [0.15, 0.2) is 48.7 Å². The smallest absolute Gasteiger partial charge is 0.306 e. The number of methoxy groups -OCH3 is 1. The first-order valence-corrected chi connectivity index (χ1v) is 8.01. The van der Waals surface area contributed by atoms with E-state index < -0.39 is 0 Å². The Morgan fingerprint density at radius 3 is 2.79 bits per heavy atom. The number of fused-ring (bicyclic) bond motifs is 1. The highest BCUT2D eigenvalue weighted by Gasteiger charge is 2.10. The molecule has 0 saturated carbocycles. The minimum Gasteiger partial charge on any atom is -0.496 e. The van der Waals surface area contributed by atoms with Crippen molar-refractivity contribution in [1.82, 2.24) is 4.98 Å². The van der Waals surface area contributed by atoms with Gasteiger partial charge in [0, 0.05) is 29.1 Å². The fourth-order valence-corrected chi connectivity index (χ4v) is 2.83. The van der Waals surface area contributed by atoms with Gasteiger partial charge >= 0.3 is 5.97 Å². The molecule has 0 spiro atoms. The lowest BCUT2D eigenvalue weighted by Crippen LogP contribution is -2.06. The summed E-state index contributed by atoms with van der Waals surface area (Å²) in [6.07, 6.45) is 2.98. The number of hydrogen-bond acceptors (Lipinski definition) is 3. The number of aromatic nitrogens is 1. The van der Waals surface area contributed by atoms with E-state index >= 15 is 0 Å². The number of para-hydroxylation sites is 1. The molecule has 1 heterocycles. The fourth-order valence-electron chi connectivity index (χ4n) is 2.83. The number of carbonyl (C=O) groups is 1. The van der Waals surface area contributed by atoms with Crippen LogP contribution in [-0.2, 0) is 22.6 Å². The van der Waals surface area contributed by atoms with Crippen molar-refractivity contribution >= 4 is 16.9 Å². The van der Waals surface area contributed by atoms with Gasteiger partial charge in [-0.15, -0.1) is 0 Å². The zero-order valence-corrected chi connectivity index (χ0v) is 14.0. The molecule has 2 aromatic carbocycles. The minimum absolute atomic E-state index is 0.205. The van der Waals surface area contributed by atoms with Gasteiger partial charge in [-0.3, -0.25) is 4.79 Å². The van der Waals surface area contributed by atoms with Crippen LogP contribution >= 0.6 is 0 Å². The number of ether oxygens (including phenoxy) is 2. The number of esters is 1. The number of H-pyrrole nitrogens is 1. The standard InChI is InChI=1S/C20H21NO3/c1-14-7-9-19(23-2)16(11-14)13-24-20(22)10-8-15-12-21-18-6-4-3-5-17(15)18/h3-7,9,11-12,21H,8,10,13H2,1-2H3. The van der Waals surface area contributed by atoms with Crippen LogP contribution in [-0.4, -0.2) is 18.1 Å². The van der Waals surface area contributed by atoms with Crippen molar-refractivity contribution in [3.63, 3.8) is 0 Å². The zero-order chi connectivity index (χ0) is 16.9. The van der Waals surface area contributed by atoms with E-state index in [1.807, 2.05) is 49.5 Å². The molecule has 24 heavy (non-hydrogen) atoms. The Labute approximate surface area is 141 Å². The number of carbonyl (C=O) groups excluding carboxylic acids is 1. The van der Waals surface area contributed by atoms with Gasteiger partial charge in [-0.1, -0.05) is 29.8 Å². The summed E-state index contributed by atoms with van der Waals surface area (Å²) in [4.78, 5) is 15.3. The molecule has 3 aromatic rings. The van der Waals surface area contributed by atoms with Crippen molar-refractivity contribution < 1.29 is 14.3 Å². The summed E-state index contributed by atoms with van der Waals surface area (Å²) in [5, 5.41) is 1.16. The molecule has 0 saturated heterocycles. The second-order valence-corrected chi connectivity index (χ2v) is 5.84. The molecular formula is C20H21NO3. The Morgan fingerprint density at radius 1 is 1.12 bits per heavy atom. The lowest BCUT2D eigenvalue weighted by Gasteiger charge is -2.10. The first kappa shape index (κ1) is 16.1. The third-order valence-corrected chi connectivity index (χ3v) is 4.10. The highest BCUT2D eigenvalue weighted by atomic mass is 16.5. The third-order valence-electron chi connectivity index (χ3n) is 4.10. The van der Waals surface area contributed by atoms with Gasteiger partial charge in [0.25, 0.3) is 0 Å². The Balaban J connectivity index is 1.57. The summed E-state index contributed by atoms with van der Waals surface area (Å²) >= 11 is 0. The minimum atomic E-state index is -0.205. The fraction of sp³-hybridized carbons (Fsp3) is 0.250. The van der Waals surface area contributed by atoms with E-state index in [9.17, 15) is 4.79 Å². The molecule has 0 aliphatic rings. The summed E-state index contributed by atoms with van der Waals surface area (Å²) in [6, 6.07) is 13.9. The second-order valence-electron chi connectivity index (χ2n) is 5.84. The Bertz CT molecular complexity index is 851. The topological polar surface area (TPSA) is 51.3 Å². The number of aryl methyl sites for hydroxylation is 2. The van der Waals surface area contributed by atoms with Crippen LogP contribution in [0, 0.1) is 6.92 Å². The number of benzene rings is 2. The van der Waals surface area contributed by atoms with Crippen molar-refractivity contribution in [3.8, 4) is 5.75 Å². The van der Waals surface area contributed by atoms with E-state index in [-0.39, 0.29) is 12.6 Å². The van der Waals surface area contributed by atoms with Crippen LogP contribution in [0.5, 0.6) is 5.75 Å². The van der Waals surface area contributed by atoms with Crippen molar-refractivity contribution in [3.05, 3.63) is 65.4 Å². The lowest BCUT2D eigenvalue weighted by atomic mass is 10.1. The van der Waals surface area contributed by atoms with Crippen LogP contribution in [0.3, 0.4) is 0 Å². The number of hydrogen-bond donors (Lipinski definition) is 1. The van der Waals surface area contributed by atoms with E-state index in [1.165, 1.54) is 0 Å². The summed E-state index contributed by atoms with van der Waals surface area (Å²) in [7, 11) is 1.62. The molecule has 0 atom stereocenters. The van der Waals surface area contributed by atoms with Crippen LogP contribution in [0.1, 0.15) is 23.1 Å². The molecule has 0 aliphatic carbocycles. The average molecular weight is 323 g/mol. The van der Waals surface area contributed by atoms with Gasteiger partial charge in [-0.25, -0.2) is 0 Å². The Hall–Kier alpha value is -2.75. The van der Waals surface area contributed by atoms with E-state index in [0.717, 1.165) is 33.3 Å². The molecule has 0 fully saturated rings. The molecule has 0 amide bonds. The number of aromatic amines is 1. The quantitative estimate of drug-likeness (QED) is 0.693. The van der Waals surface area contributed by atoms with E-state index in [0.29, 0.717) is 12.8 Å². The molecule has 3 rings (SSSR count). The van der Waals surface area contributed by atoms with Gasteiger partial charge in [0.2, 0.25) is 0 Å². The van der Waals surface area contributed by atoms with Crippen molar-refractivity contribution in [2.24, 2.45) is 0 Å². The highest BCUT2D eigenvalue weighted by Crippen LogP contribution is 2.22. The summed E-state index contributed by atoms with van der Waals surface area (Å²) in [5.74, 6) is 0.536. The van der Waals surface area contributed by atoms with Crippen LogP contribution in [0.25, 0.3) is 10.9 Å². The molecule has 124 valence electrons. The monoisotopic (exact) mass is 323 g/mol. The molecule has 4 nitrogen and oxygen atoms in total. The zero-order valence-electron chi connectivity index (χ0n) is 14.0. The Morgan fingerprint density at radius 2 is 1.96 bits per heavy atom. The molecule has 1 N–H and O–H groups in total. The Kier molecular flexibility index (Phi) is 4.85.